The summed E-state index contributed by atoms with van der Waals surface area (Å²) in [4.78, 5) is 13.7. The van der Waals surface area contributed by atoms with E-state index in [4.69, 9.17) is 10.5 Å². The van der Waals surface area contributed by atoms with Crippen molar-refractivity contribution in [1.82, 2.24) is 4.90 Å². The van der Waals surface area contributed by atoms with Gasteiger partial charge in [-0.3, -0.25) is 4.79 Å². The Labute approximate surface area is 95.0 Å². The molecule has 1 aromatic rings. The highest BCUT2D eigenvalue weighted by molar-refractivity contribution is 5.82. The average Bonchev–Trinajstić information content (AvgIpc) is 2.71. The number of nitrogens with two attached hydrogens (primary N) is 1. The van der Waals surface area contributed by atoms with E-state index in [9.17, 15) is 4.79 Å². The van der Waals surface area contributed by atoms with E-state index >= 15 is 0 Å². The van der Waals surface area contributed by atoms with Gasteiger partial charge in [-0.15, -0.1) is 0 Å². The summed E-state index contributed by atoms with van der Waals surface area (Å²) in [5, 5.41) is 0. The van der Waals surface area contributed by atoms with Gasteiger partial charge in [-0.2, -0.15) is 0 Å². The van der Waals surface area contributed by atoms with Gasteiger partial charge in [0.15, 0.2) is 0 Å². The number of fused-ring (bicyclic) bond motifs is 1. The Morgan fingerprint density at radius 2 is 2.00 bits per heavy atom. The minimum Gasteiger partial charge on any atom is -0.383 e. The summed E-state index contributed by atoms with van der Waals surface area (Å²) in [7, 11) is 1.55. The van der Waals surface area contributed by atoms with E-state index in [0.717, 1.165) is 0 Å². The number of nitrogens with zero attached hydrogens (tertiary/aromatic N) is 1. The molecule has 0 spiro atoms. The lowest BCUT2D eigenvalue weighted by Gasteiger charge is -2.19. The van der Waals surface area contributed by atoms with E-state index < -0.39 is 6.04 Å². The topological polar surface area (TPSA) is 55.6 Å². The van der Waals surface area contributed by atoms with Crippen molar-refractivity contribution >= 4 is 5.91 Å². The predicted molar refractivity (Wildman–Crippen MR) is 60.5 cm³/mol. The van der Waals surface area contributed by atoms with Crippen LogP contribution >= 0.6 is 0 Å². The molecule has 0 aliphatic carbocycles. The fourth-order valence-corrected chi connectivity index (χ4v) is 1.97. The predicted octanol–water partition coefficient (Wildman–Crippen LogP) is 0.503. The van der Waals surface area contributed by atoms with Gasteiger partial charge in [0.1, 0.15) is 6.04 Å². The Balaban J connectivity index is 2.03. The van der Waals surface area contributed by atoms with Gasteiger partial charge in [-0.25, -0.2) is 0 Å². The second-order valence-corrected chi connectivity index (χ2v) is 4.02. The van der Waals surface area contributed by atoms with Crippen LogP contribution in [0.2, 0.25) is 0 Å². The SMILES string of the molecule is COCC(N)C(=O)N1Cc2ccccc2C1. The van der Waals surface area contributed by atoms with E-state index in [0.29, 0.717) is 13.1 Å². The summed E-state index contributed by atoms with van der Waals surface area (Å²) in [5.74, 6) is -0.0435. The quantitative estimate of drug-likeness (QED) is 0.807. The minimum atomic E-state index is -0.556. The zero-order valence-corrected chi connectivity index (χ0v) is 9.35. The van der Waals surface area contributed by atoms with Crippen molar-refractivity contribution in [2.24, 2.45) is 5.73 Å². The lowest BCUT2D eigenvalue weighted by molar-refractivity contribution is -0.134. The zero-order chi connectivity index (χ0) is 11.5. The molecule has 1 heterocycles. The summed E-state index contributed by atoms with van der Waals surface area (Å²) >= 11 is 0. The standard InChI is InChI=1S/C12H16N2O2/c1-16-8-11(13)12(15)14-6-9-4-2-3-5-10(9)7-14/h2-5,11H,6-8,13H2,1H3. The normalized spacial score (nSPS) is 16.0. The zero-order valence-electron chi connectivity index (χ0n) is 9.35. The third kappa shape index (κ3) is 2.08. The summed E-state index contributed by atoms with van der Waals surface area (Å²) in [6.45, 7) is 1.59. The fraction of sp³-hybridized carbons (Fsp3) is 0.417. The highest BCUT2D eigenvalue weighted by Crippen LogP contribution is 2.22. The van der Waals surface area contributed by atoms with E-state index in [-0.39, 0.29) is 12.5 Å². The van der Waals surface area contributed by atoms with E-state index in [1.165, 1.54) is 11.1 Å². The minimum absolute atomic E-state index is 0.0435. The van der Waals surface area contributed by atoms with Gasteiger partial charge in [0, 0.05) is 20.2 Å². The smallest absolute Gasteiger partial charge is 0.242 e. The van der Waals surface area contributed by atoms with Crippen LogP contribution in [0.25, 0.3) is 0 Å². The van der Waals surface area contributed by atoms with Crippen molar-refractivity contribution in [3.05, 3.63) is 35.4 Å². The summed E-state index contributed by atoms with van der Waals surface area (Å²) in [5.41, 5.74) is 8.14. The molecule has 0 radical (unpaired) electrons. The van der Waals surface area contributed by atoms with Gasteiger partial charge >= 0.3 is 0 Å². The number of carbonyl (C=O) groups excluding carboxylic acids is 1. The number of hydrogen-bond donors (Lipinski definition) is 1. The molecule has 0 bridgehead atoms. The highest BCUT2D eigenvalue weighted by atomic mass is 16.5. The van der Waals surface area contributed by atoms with Crippen molar-refractivity contribution in [1.29, 1.82) is 0 Å². The second-order valence-electron chi connectivity index (χ2n) is 4.02. The average molecular weight is 220 g/mol. The Hall–Kier alpha value is -1.39. The lowest BCUT2D eigenvalue weighted by Crippen LogP contribution is -2.43. The molecular formula is C12H16N2O2. The number of amides is 1. The Kier molecular flexibility index (Phi) is 3.22. The first kappa shape index (κ1) is 11.1. The molecule has 1 aliphatic rings. The molecule has 16 heavy (non-hydrogen) atoms. The number of methoxy groups -OCH3 is 1. The monoisotopic (exact) mass is 220 g/mol. The number of ether oxygens (including phenoxy) is 1. The Bertz CT molecular complexity index is 367. The molecule has 4 heteroatoms. The molecule has 0 saturated heterocycles. The van der Waals surface area contributed by atoms with Crippen LogP contribution in [0.3, 0.4) is 0 Å². The van der Waals surface area contributed by atoms with Gasteiger partial charge in [-0.05, 0) is 11.1 Å². The summed E-state index contributed by atoms with van der Waals surface area (Å²) in [6, 6.07) is 7.51. The van der Waals surface area contributed by atoms with Gasteiger partial charge < -0.3 is 15.4 Å². The largest absolute Gasteiger partial charge is 0.383 e. The number of hydrogen-bond acceptors (Lipinski definition) is 3. The van der Waals surface area contributed by atoms with Crippen molar-refractivity contribution in [3.63, 3.8) is 0 Å². The van der Waals surface area contributed by atoms with Gasteiger partial charge in [0.05, 0.1) is 6.61 Å². The first-order chi connectivity index (χ1) is 7.72. The molecule has 1 amide bonds. The van der Waals surface area contributed by atoms with Crippen LogP contribution in [0.4, 0.5) is 0 Å². The maximum atomic E-state index is 11.9. The van der Waals surface area contributed by atoms with Crippen LogP contribution in [-0.2, 0) is 22.6 Å². The van der Waals surface area contributed by atoms with Crippen LogP contribution in [0.15, 0.2) is 24.3 Å². The van der Waals surface area contributed by atoms with Crippen LogP contribution in [0.1, 0.15) is 11.1 Å². The molecule has 2 N–H and O–H groups in total. The lowest BCUT2D eigenvalue weighted by atomic mass is 10.1. The maximum Gasteiger partial charge on any atom is 0.242 e. The summed E-state index contributed by atoms with van der Waals surface area (Å²) in [6.07, 6.45) is 0. The van der Waals surface area contributed by atoms with Crippen molar-refractivity contribution in [2.45, 2.75) is 19.1 Å². The molecule has 4 nitrogen and oxygen atoms in total. The first-order valence-corrected chi connectivity index (χ1v) is 5.32. The molecule has 0 fully saturated rings. The van der Waals surface area contributed by atoms with Crippen LogP contribution in [-0.4, -0.2) is 30.6 Å². The summed E-state index contributed by atoms with van der Waals surface area (Å²) < 4.78 is 4.89. The molecule has 1 atom stereocenters. The van der Waals surface area contributed by atoms with Crippen LogP contribution < -0.4 is 5.73 Å². The highest BCUT2D eigenvalue weighted by Gasteiger charge is 2.26. The maximum absolute atomic E-state index is 11.9. The number of rotatable bonds is 3. The van der Waals surface area contributed by atoms with Gasteiger partial charge in [-0.1, -0.05) is 24.3 Å². The van der Waals surface area contributed by atoms with E-state index in [2.05, 4.69) is 0 Å². The molecule has 0 aromatic heterocycles. The van der Waals surface area contributed by atoms with E-state index in [1.54, 1.807) is 12.0 Å². The molecule has 0 saturated carbocycles. The molecule has 1 aliphatic heterocycles. The fourth-order valence-electron chi connectivity index (χ4n) is 1.97. The van der Waals surface area contributed by atoms with Gasteiger partial charge in [0.2, 0.25) is 5.91 Å². The van der Waals surface area contributed by atoms with Crippen molar-refractivity contribution in [2.75, 3.05) is 13.7 Å². The van der Waals surface area contributed by atoms with Crippen LogP contribution in [0, 0.1) is 0 Å². The van der Waals surface area contributed by atoms with Crippen molar-refractivity contribution < 1.29 is 9.53 Å². The number of carbonyl (C=O) groups is 1. The Morgan fingerprint density at radius 1 is 1.44 bits per heavy atom. The third-order valence-corrected chi connectivity index (χ3v) is 2.82. The Morgan fingerprint density at radius 3 is 2.50 bits per heavy atom. The van der Waals surface area contributed by atoms with Crippen molar-refractivity contribution in [3.8, 4) is 0 Å². The molecule has 1 unspecified atom stereocenters. The van der Waals surface area contributed by atoms with Crippen LogP contribution in [0.5, 0.6) is 0 Å². The number of benzene rings is 1. The molecule has 86 valence electrons. The molecule has 2 rings (SSSR count). The first-order valence-electron chi connectivity index (χ1n) is 5.32. The van der Waals surface area contributed by atoms with E-state index in [1.807, 2.05) is 24.3 Å². The molecular weight excluding hydrogens is 204 g/mol. The van der Waals surface area contributed by atoms with Gasteiger partial charge in [0.25, 0.3) is 0 Å². The molecule has 1 aromatic carbocycles. The second kappa shape index (κ2) is 4.63. The third-order valence-electron chi connectivity index (χ3n) is 2.82.